The van der Waals surface area contributed by atoms with E-state index >= 15 is 0 Å². The maximum atomic E-state index is 12.7. The van der Waals surface area contributed by atoms with Gasteiger partial charge in [-0.2, -0.15) is 13.2 Å². The molecule has 1 heterocycles. The minimum Gasteiger partial charge on any atom is -0.334 e. The second-order valence-electron chi connectivity index (χ2n) is 7.78. The molecule has 0 amide bonds. The van der Waals surface area contributed by atoms with E-state index < -0.39 is 21.8 Å². The van der Waals surface area contributed by atoms with Crippen molar-refractivity contribution < 1.29 is 21.6 Å². The Labute approximate surface area is 175 Å². The summed E-state index contributed by atoms with van der Waals surface area (Å²) >= 11 is 0. The molecule has 0 atom stereocenters. The molecule has 0 N–H and O–H groups in total. The number of halogens is 3. The standard InChI is InChI=1S/C21H26F3N3O2S/c1-26(30(28,29)20-10-8-19(9-11-20)21(22,23)24)15-18-6-4-17(5-7-18)3-2-13-27-14-12-25-16-27/h2-3,8-12,14,16-18H,4-7,13,15H2,1H3/b3-2+. The number of allylic oxidation sites excluding steroid dienone is 2. The van der Waals surface area contributed by atoms with Crippen molar-refractivity contribution >= 4 is 10.0 Å². The van der Waals surface area contributed by atoms with Gasteiger partial charge in [-0.1, -0.05) is 12.2 Å². The molecular formula is C21H26F3N3O2S. The van der Waals surface area contributed by atoms with Gasteiger partial charge < -0.3 is 4.57 Å². The van der Waals surface area contributed by atoms with Crippen molar-refractivity contribution in [2.45, 2.75) is 43.3 Å². The molecule has 2 aromatic rings. The molecule has 0 radical (unpaired) electrons. The first-order chi connectivity index (χ1) is 14.2. The van der Waals surface area contributed by atoms with Crippen LogP contribution in [-0.4, -0.2) is 35.9 Å². The summed E-state index contributed by atoms with van der Waals surface area (Å²) in [6.45, 7) is 1.16. The summed E-state index contributed by atoms with van der Waals surface area (Å²) in [6.07, 6.45) is 9.14. The van der Waals surface area contributed by atoms with E-state index in [2.05, 4.69) is 17.1 Å². The summed E-state index contributed by atoms with van der Waals surface area (Å²) in [6, 6.07) is 3.66. The van der Waals surface area contributed by atoms with E-state index in [1.165, 1.54) is 11.4 Å². The summed E-state index contributed by atoms with van der Waals surface area (Å²) < 4.78 is 66.8. The molecule has 1 fully saturated rings. The number of hydrogen-bond acceptors (Lipinski definition) is 3. The average Bonchev–Trinajstić information content (AvgIpc) is 3.22. The predicted octanol–water partition coefficient (Wildman–Crippen LogP) is 4.59. The third kappa shape index (κ3) is 5.72. The van der Waals surface area contributed by atoms with E-state index in [1.807, 2.05) is 10.8 Å². The Morgan fingerprint density at radius 2 is 1.83 bits per heavy atom. The van der Waals surface area contributed by atoms with Crippen LogP contribution in [0.4, 0.5) is 13.2 Å². The zero-order valence-electron chi connectivity index (χ0n) is 16.8. The van der Waals surface area contributed by atoms with Crippen molar-refractivity contribution in [3.05, 3.63) is 60.7 Å². The predicted molar refractivity (Wildman–Crippen MR) is 108 cm³/mol. The van der Waals surface area contributed by atoms with Gasteiger partial charge in [0, 0.05) is 32.5 Å². The second-order valence-corrected chi connectivity index (χ2v) is 9.82. The van der Waals surface area contributed by atoms with Crippen LogP contribution in [0.5, 0.6) is 0 Å². The van der Waals surface area contributed by atoms with Crippen LogP contribution >= 0.6 is 0 Å². The van der Waals surface area contributed by atoms with Gasteiger partial charge in [0.1, 0.15) is 0 Å². The van der Waals surface area contributed by atoms with Crippen molar-refractivity contribution in [1.82, 2.24) is 13.9 Å². The highest BCUT2D eigenvalue weighted by Crippen LogP contribution is 2.32. The summed E-state index contributed by atoms with van der Waals surface area (Å²) in [7, 11) is -2.32. The van der Waals surface area contributed by atoms with E-state index in [-0.39, 0.29) is 10.8 Å². The normalized spacial score (nSPS) is 20.8. The van der Waals surface area contributed by atoms with Gasteiger partial charge in [-0.15, -0.1) is 0 Å². The monoisotopic (exact) mass is 441 g/mol. The Morgan fingerprint density at radius 3 is 2.40 bits per heavy atom. The SMILES string of the molecule is CN(CC1CCC(/C=C/Cn2ccnc2)CC1)S(=O)(=O)c1ccc(C(F)(F)F)cc1. The Hall–Kier alpha value is -2.13. The summed E-state index contributed by atoms with van der Waals surface area (Å²) in [5, 5.41) is 0. The molecule has 5 nitrogen and oxygen atoms in total. The van der Waals surface area contributed by atoms with Crippen molar-refractivity contribution in [3.63, 3.8) is 0 Å². The molecule has 1 aromatic carbocycles. The van der Waals surface area contributed by atoms with Crippen LogP contribution in [0.25, 0.3) is 0 Å². The maximum absolute atomic E-state index is 12.7. The first-order valence-corrected chi connectivity index (χ1v) is 11.4. The minimum absolute atomic E-state index is 0.117. The fourth-order valence-corrected chi connectivity index (χ4v) is 5.04. The molecule has 0 saturated heterocycles. The highest BCUT2D eigenvalue weighted by Gasteiger charge is 2.31. The lowest BCUT2D eigenvalue weighted by atomic mass is 9.82. The van der Waals surface area contributed by atoms with Gasteiger partial charge in [0.25, 0.3) is 0 Å². The smallest absolute Gasteiger partial charge is 0.334 e. The van der Waals surface area contributed by atoms with Crippen LogP contribution in [0.15, 0.2) is 60.0 Å². The molecule has 9 heteroatoms. The lowest BCUT2D eigenvalue weighted by molar-refractivity contribution is -0.137. The van der Waals surface area contributed by atoms with Crippen LogP contribution in [0.3, 0.4) is 0 Å². The number of aromatic nitrogens is 2. The van der Waals surface area contributed by atoms with Gasteiger partial charge in [-0.3, -0.25) is 0 Å². The number of alkyl halides is 3. The van der Waals surface area contributed by atoms with Gasteiger partial charge in [-0.25, -0.2) is 17.7 Å². The van der Waals surface area contributed by atoms with Crippen molar-refractivity contribution in [2.75, 3.05) is 13.6 Å². The lowest BCUT2D eigenvalue weighted by Crippen LogP contribution is -2.33. The second kappa shape index (κ2) is 9.34. The average molecular weight is 442 g/mol. The number of hydrogen-bond donors (Lipinski definition) is 0. The van der Waals surface area contributed by atoms with Crippen LogP contribution in [0.1, 0.15) is 31.2 Å². The van der Waals surface area contributed by atoms with E-state index in [0.717, 1.165) is 56.5 Å². The highest BCUT2D eigenvalue weighted by atomic mass is 32.2. The van der Waals surface area contributed by atoms with Gasteiger partial charge in [-0.05, 0) is 61.8 Å². The van der Waals surface area contributed by atoms with E-state index in [4.69, 9.17) is 0 Å². The van der Waals surface area contributed by atoms with Crippen molar-refractivity contribution in [3.8, 4) is 0 Å². The van der Waals surface area contributed by atoms with Crippen molar-refractivity contribution in [2.24, 2.45) is 11.8 Å². The van der Waals surface area contributed by atoms with Gasteiger partial charge in [0.05, 0.1) is 16.8 Å². The molecule has 1 saturated carbocycles. The summed E-state index contributed by atoms with van der Waals surface area (Å²) in [5.74, 6) is 0.735. The van der Waals surface area contributed by atoms with E-state index in [9.17, 15) is 21.6 Å². The quantitative estimate of drug-likeness (QED) is 0.591. The van der Waals surface area contributed by atoms with Crippen molar-refractivity contribution in [1.29, 1.82) is 0 Å². The molecule has 0 bridgehead atoms. The molecule has 1 aliphatic rings. The topological polar surface area (TPSA) is 55.2 Å². The number of rotatable bonds is 7. The molecule has 0 unspecified atom stereocenters. The fraction of sp³-hybridized carbons (Fsp3) is 0.476. The Kier molecular flexibility index (Phi) is 7.02. The molecule has 0 aliphatic heterocycles. The number of sulfonamides is 1. The maximum Gasteiger partial charge on any atom is 0.416 e. The zero-order chi connectivity index (χ0) is 21.8. The highest BCUT2D eigenvalue weighted by molar-refractivity contribution is 7.89. The largest absolute Gasteiger partial charge is 0.416 e. The van der Waals surface area contributed by atoms with Gasteiger partial charge >= 0.3 is 6.18 Å². The summed E-state index contributed by atoms with van der Waals surface area (Å²) in [4.78, 5) is 3.89. The number of benzene rings is 1. The number of imidazole rings is 1. The zero-order valence-corrected chi connectivity index (χ0v) is 17.6. The Morgan fingerprint density at radius 1 is 1.17 bits per heavy atom. The fourth-order valence-electron chi connectivity index (χ4n) is 3.79. The van der Waals surface area contributed by atoms with Crippen LogP contribution in [0, 0.1) is 11.8 Å². The summed E-state index contributed by atoms with van der Waals surface area (Å²) in [5.41, 5.74) is -0.858. The third-order valence-corrected chi connectivity index (χ3v) is 7.42. The lowest BCUT2D eigenvalue weighted by Gasteiger charge is -2.30. The third-order valence-electron chi connectivity index (χ3n) is 5.58. The molecule has 30 heavy (non-hydrogen) atoms. The molecule has 164 valence electrons. The Balaban J connectivity index is 1.51. The molecule has 1 aliphatic carbocycles. The number of nitrogens with zero attached hydrogens (tertiary/aromatic N) is 3. The van der Waals surface area contributed by atoms with Crippen LogP contribution < -0.4 is 0 Å². The first-order valence-electron chi connectivity index (χ1n) is 9.92. The molecule has 1 aromatic heterocycles. The molecular weight excluding hydrogens is 415 g/mol. The Bertz CT molecular complexity index is 931. The molecule has 3 rings (SSSR count). The first kappa shape index (κ1) is 22.6. The minimum atomic E-state index is -4.49. The van der Waals surface area contributed by atoms with E-state index in [0.29, 0.717) is 12.5 Å². The van der Waals surface area contributed by atoms with Crippen LogP contribution in [0.2, 0.25) is 0 Å². The van der Waals surface area contributed by atoms with Gasteiger partial charge in [0.15, 0.2) is 0 Å². The van der Waals surface area contributed by atoms with Crippen LogP contribution in [-0.2, 0) is 22.7 Å². The van der Waals surface area contributed by atoms with Gasteiger partial charge in [0.2, 0.25) is 10.0 Å². The molecule has 0 spiro atoms. The van der Waals surface area contributed by atoms with E-state index in [1.54, 1.807) is 12.5 Å².